The third kappa shape index (κ3) is 3.81. The molecule has 1 aliphatic carbocycles. The first-order chi connectivity index (χ1) is 10.2. The van der Waals surface area contributed by atoms with Gasteiger partial charge >= 0.3 is 0 Å². The number of hydrogen-bond acceptors (Lipinski definition) is 2. The van der Waals surface area contributed by atoms with Crippen molar-refractivity contribution in [1.29, 1.82) is 0 Å². The van der Waals surface area contributed by atoms with E-state index in [4.69, 9.17) is 4.74 Å². The van der Waals surface area contributed by atoms with Crippen molar-refractivity contribution in [3.8, 4) is 5.75 Å². The van der Waals surface area contributed by atoms with Crippen LogP contribution in [0.5, 0.6) is 5.75 Å². The second kappa shape index (κ2) is 6.70. The quantitative estimate of drug-likeness (QED) is 0.805. The Bertz CT molecular complexity index is 482. The maximum absolute atomic E-state index is 5.91. The van der Waals surface area contributed by atoms with Gasteiger partial charge in [-0.15, -0.1) is 0 Å². The normalized spacial score (nSPS) is 24.8. The van der Waals surface area contributed by atoms with Gasteiger partial charge in [0.15, 0.2) is 0 Å². The lowest BCUT2D eigenvalue weighted by Gasteiger charge is -2.35. The Hall–Kier alpha value is -0.540. The van der Waals surface area contributed by atoms with Gasteiger partial charge in [-0.05, 0) is 43.2 Å². The van der Waals surface area contributed by atoms with Crippen molar-refractivity contribution < 1.29 is 4.74 Å². The molecule has 1 atom stereocenters. The van der Waals surface area contributed by atoms with E-state index in [0.29, 0.717) is 11.5 Å². The van der Waals surface area contributed by atoms with E-state index in [1.807, 2.05) is 0 Å². The van der Waals surface area contributed by atoms with E-state index in [2.05, 4.69) is 46.4 Å². The highest BCUT2D eigenvalue weighted by Gasteiger charge is 2.28. The molecule has 116 valence electrons. The van der Waals surface area contributed by atoms with E-state index < -0.39 is 0 Å². The number of benzene rings is 1. The third-order valence-corrected chi connectivity index (χ3v) is 5.57. The summed E-state index contributed by atoms with van der Waals surface area (Å²) in [6.07, 6.45) is 9.26. The Morgan fingerprint density at radius 3 is 2.86 bits per heavy atom. The predicted octanol–water partition coefficient (Wildman–Crippen LogP) is 5.22. The second-order valence-corrected chi connectivity index (χ2v) is 7.89. The molecule has 1 N–H and O–H groups in total. The van der Waals surface area contributed by atoms with Crippen molar-refractivity contribution in [2.75, 3.05) is 13.2 Å². The van der Waals surface area contributed by atoms with Gasteiger partial charge in [-0.3, -0.25) is 0 Å². The first-order valence-electron chi connectivity index (χ1n) is 8.32. The topological polar surface area (TPSA) is 21.3 Å². The molecule has 1 unspecified atom stereocenters. The minimum absolute atomic E-state index is 0.439. The summed E-state index contributed by atoms with van der Waals surface area (Å²) in [7, 11) is 0. The largest absolute Gasteiger partial charge is 0.493 e. The Morgan fingerprint density at radius 1 is 1.24 bits per heavy atom. The van der Waals surface area contributed by atoms with Crippen LogP contribution in [-0.2, 0) is 0 Å². The number of halogens is 1. The summed E-state index contributed by atoms with van der Waals surface area (Å²) < 4.78 is 7.00. The molecule has 3 heteroatoms. The van der Waals surface area contributed by atoms with Crippen LogP contribution in [0, 0.1) is 5.41 Å². The monoisotopic (exact) mass is 351 g/mol. The van der Waals surface area contributed by atoms with E-state index in [1.165, 1.54) is 44.1 Å². The molecular weight excluding hydrogens is 326 g/mol. The van der Waals surface area contributed by atoms with Crippen LogP contribution in [0.3, 0.4) is 0 Å². The highest BCUT2D eigenvalue weighted by Crippen LogP contribution is 2.38. The van der Waals surface area contributed by atoms with Gasteiger partial charge in [0.2, 0.25) is 0 Å². The zero-order valence-electron chi connectivity index (χ0n) is 13.0. The van der Waals surface area contributed by atoms with Crippen LogP contribution < -0.4 is 10.1 Å². The minimum atomic E-state index is 0.439. The van der Waals surface area contributed by atoms with Crippen molar-refractivity contribution in [3.63, 3.8) is 0 Å². The number of ether oxygens (including phenoxy) is 1. The highest BCUT2D eigenvalue weighted by atomic mass is 79.9. The van der Waals surface area contributed by atoms with E-state index >= 15 is 0 Å². The number of nitrogens with one attached hydrogen (secondary N) is 1. The molecule has 0 radical (unpaired) electrons. The van der Waals surface area contributed by atoms with Gasteiger partial charge in [-0.25, -0.2) is 0 Å². The molecule has 3 rings (SSSR count). The standard InChI is InChI=1S/C18H26BrNO/c1-18(9-3-2-4-10-18)13-20-16-6-5-11-21-17-12-14(19)7-8-15(16)17/h7-8,12,16,20H,2-6,9-11,13H2,1H3. The van der Waals surface area contributed by atoms with Crippen molar-refractivity contribution >= 4 is 15.9 Å². The first-order valence-corrected chi connectivity index (χ1v) is 9.11. The maximum Gasteiger partial charge on any atom is 0.125 e. The van der Waals surface area contributed by atoms with Crippen molar-refractivity contribution in [2.24, 2.45) is 5.41 Å². The molecule has 1 saturated carbocycles. The number of rotatable bonds is 3. The van der Waals surface area contributed by atoms with Gasteiger partial charge in [0.25, 0.3) is 0 Å². The zero-order chi connectivity index (χ0) is 14.7. The van der Waals surface area contributed by atoms with Crippen LogP contribution in [0.4, 0.5) is 0 Å². The molecule has 2 nitrogen and oxygen atoms in total. The molecule has 1 heterocycles. The van der Waals surface area contributed by atoms with E-state index in [-0.39, 0.29) is 0 Å². The fraction of sp³-hybridized carbons (Fsp3) is 0.667. The Kier molecular flexibility index (Phi) is 4.90. The SMILES string of the molecule is CC1(CNC2CCCOc3cc(Br)ccc32)CCCCC1. The van der Waals surface area contributed by atoms with Crippen LogP contribution in [-0.4, -0.2) is 13.2 Å². The molecule has 1 aromatic rings. The Labute approximate surface area is 136 Å². The summed E-state index contributed by atoms with van der Waals surface area (Å²) in [5, 5.41) is 3.85. The smallest absolute Gasteiger partial charge is 0.125 e. The summed E-state index contributed by atoms with van der Waals surface area (Å²) in [5.74, 6) is 1.05. The number of hydrogen-bond donors (Lipinski definition) is 1. The molecule has 0 saturated heterocycles. The van der Waals surface area contributed by atoms with E-state index in [1.54, 1.807) is 0 Å². The van der Waals surface area contributed by atoms with Crippen LogP contribution in [0.25, 0.3) is 0 Å². The van der Waals surface area contributed by atoms with Crippen molar-refractivity contribution in [1.82, 2.24) is 5.32 Å². The predicted molar refractivity (Wildman–Crippen MR) is 90.8 cm³/mol. The molecule has 1 fully saturated rings. The van der Waals surface area contributed by atoms with Crippen LogP contribution in [0.2, 0.25) is 0 Å². The fourth-order valence-corrected chi connectivity index (χ4v) is 4.05. The van der Waals surface area contributed by atoms with Gasteiger partial charge in [-0.2, -0.15) is 0 Å². The molecule has 21 heavy (non-hydrogen) atoms. The van der Waals surface area contributed by atoms with Crippen molar-refractivity contribution in [2.45, 2.75) is 57.9 Å². The minimum Gasteiger partial charge on any atom is -0.493 e. The van der Waals surface area contributed by atoms with Gasteiger partial charge < -0.3 is 10.1 Å². The average Bonchev–Trinajstić information content (AvgIpc) is 2.67. The van der Waals surface area contributed by atoms with Gasteiger partial charge in [0.1, 0.15) is 5.75 Å². The maximum atomic E-state index is 5.91. The van der Waals surface area contributed by atoms with E-state index in [0.717, 1.165) is 29.8 Å². The second-order valence-electron chi connectivity index (χ2n) is 6.98. The van der Waals surface area contributed by atoms with Crippen LogP contribution in [0.1, 0.15) is 63.5 Å². The summed E-state index contributed by atoms with van der Waals surface area (Å²) >= 11 is 3.55. The lowest BCUT2D eigenvalue weighted by atomic mass is 9.75. The lowest BCUT2D eigenvalue weighted by molar-refractivity contribution is 0.199. The molecular formula is C18H26BrNO. The summed E-state index contributed by atoms with van der Waals surface area (Å²) in [6, 6.07) is 6.89. The lowest BCUT2D eigenvalue weighted by Crippen LogP contribution is -2.35. The summed E-state index contributed by atoms with van der Waals surface area (Å²) in [5.41, 5.74) is 1.82. The molecule has 1 aromatic carbocycles. The molecule has 2 aliphatic rings. The van der Waals surface area contributed by atoms with Crippen LogP contribution >= 0.6 is 15.9 Å². The molecule has 0 bridgehead atoms. The third-order valence-electron chi connectivity index (χ3n) is 5.08. The zero-order valence-corrected chi connectivity index (χ0v) is 14.5. The molecule has 0 amide bonds. The van der Waals surface area contributed by atoms with Crippen molar-refractivity contribution in [3.05, 3.63) is 28.2 Å². The Balaban J connectivity index is 1.70. The summed E-state index contributed by atoms with van der Waals surface area (Å²) in [6.45, 7) is 4.42. The summed E-state index contributed by atoms with van der Waals surface area (Å²) in [4.78, 5) is 0. The first kappa shape index (κ1) is 15.4. The fourth-order valence-electron chi connectivity index (χ4n) is 3.71. The van der Waals surface area contributed by atoms with Gasteiger partial charge in [0.05, 0.1) is 6.61 Å². The average molecular weight is 352 g/mol. The molecule has 0 spiro atoms. The molecule has 1 aliphatic heterocycles. The van der Waals surface area contributed by atoms with Crippen LogP contribution in [0.15, 0.2) is 22.7 Å². The Morgan fingerprint density at radius 2 is 2.05 bits per heavy atom. The number of fused-ring (bicyclic) bond motifs is 1. The van der Waals surface area contributed by atoms with E-state index in [9.17, 15) is 0 Å². The van der Waals surface area contributed by atoms with Gasteiger partial charge in [0, 0.05) is 22.6 Å². The molecule has 0 aromatic heterocycles. The van der Waals surface area contributed by atoms with Gasteiger partial charge in [-0.1, -0.05) is 48.2 Å². The highest BCUT2D eigenvalue weighted by molar-refractivity contribution is 9.10.